The highest BCUT2D eigenvalue weighted by atomic mass is 19.1. The first-order chi connectivity index (χ1) is 9.70. The average molecular weight is 274 g/mol. The Labute approximate surface area is 113 Å². The highest BCUT2D eigenvalue weighted by Crippen LogP contribution is 2.22. The SMILES string of the molecule is NCCc1nc2cccnc2n1-c1ccc(F)cc1F. The summed E-state index contributed by atoms with van der Waals surface area (Å²) < 4.78 is 28.6. The molecule has 0 saturated heterocycles. The molecule has 0 aliphatic rings. The van der Waals surface area contributed by atoms with Crippen LogP contribution in [0.15, 0.2) is 36.5 Å². The highest BCUT2D eigenvalue weighted by molar-refractivity contribution is 5.73. The summed E-state index contributed by atoms with van der Waals surface area (Å²) in [6, 6.07) is 6.98. The smallest absolute Gasteiger partial charge is 0.164 e. The van der Waals surface area contributed by atoms with Crippen LogP contribution in [-0.2, 0) is 6.42 Å². The Hall–Kier alpha value is -2.34. The summed E-state index contributed by atoms with van der Waals surface area (Å²) >= 11 is 0. The molecular weight excluding hydrogens is 262 g/mol. The van der Waals surface area contributed by atoms with Gasteiger partial charge >= 0.3 is 0 Å². The van der Waals surface area contributed by atoms with Crippen LogP contribution in [0, 0.1) is 11.6 Å². The average Bonchev–Trinajstić information content (AvgIpc) is 2.78. The van der Waals surface area contributed by atoms with Crippen LogP contribution in [0.2, 0.25) is 0 Å². The third-order valence-corrected chi connectivity index (χ3v) is 3.00. The molecule has 1 aromatic carbocycles. The number of pyridine rings is 1. The van der Waals surface area contributed by atoms with Gasteiger partial charge in [0.2, 0.25) is 0 Å². The maximum absolute atomic E-state index is 14.0. The molecule has 4 nitrogen and oxygen atoms in total. The Morgan fingerprint density at radius 3 is 2.80 bits per heavy atom. The maximum Gasteiger partial charge on any atom is 0.164 e. The lowest BCUT2D eigenvalue weighted by Crippen LogP contribution is -2.10. The standard InChI is InChI=1S/C14H12F2N4/c15-9-3-4-12(10(16)8-9)20-13(5-6-17)19-11-2-1-7-18-14(11)20/h1-4,7-8H,5-6,17H2. The van der Waals surface area contributed by atoms with Gasteiger partial charge in [-0.25, -0.2) is 18.7 Å². The predicted molar refractivity (Wildman–Crippen MR) is 71.5 cm³/mol. The Balaban J connectivity index is 2.30. The van der Waals surface area contributed by atoms with Crippen LogP contribution in [0.25, 0.3) is 16.9 Å². The lowest BCUT2D eigenvalue weighted by Gasteiger charge is -2.09. The molecule has 0 radical (unpaired) electrons. The van der Waals surface area contributed by atoms with E-state index < -0.39 is 11.6 Å². The number of imidazole rings is 1. The largest absolute Gasteiger partial charge is 0.330 e. The number of nitrogens with two attached hydrogens (primary N) is 1. The molecule has 0 aliphatic carbocycles. The summed E-state index contributed by atoms with van der Waals surface area (Å²) in [7, 11) is 0. The van der Waals surface area contributed by atoms with E-state index in [4.69, 9.17) is 5.73 Å². The van der Waals surface area contributed by atoms with E-state index in [1.807, 2.05) is 0 Å². The summed E-state index contributed by atoms with van der Waals surface area (Å²) in [5.74, 6) is -0.677. The Morgan fingerprint density at radius 2 is 2.05 bits per heavy atom. The fourth-order valence-electron chi connectivity index (χ4n) is 2.17. The quantitative estimate of drug-likeness (QED) is 0.796. The number of halogens is 2. The summed E-state index contributed by atoms with van der Waals surface area (Å²) in [6.07, 6.45) is 2.08. The fourth-order valence-corrected chi connectivity index (χ4v) is 2.17. The monoisotopic (exact) mass is 274 g/mol. The van der Waals surface area contributed by atoms with Crippen molar-refractivity contribution in [1.29, 1.82) is 0 Å². The normalized spacial score (nSPS) is 11.2. The van der Waals surface area contributed by atoms with Crippen molar-refractivity contribution in [3.05, 3.63) is 54.0 Å². The van der Waals surface area contributed by atoms with Crippen molar-refractivity contribution >= 4 is 11.2 Å². The van der Waals surface area contributed by atoms with Crippen LogP contribution in [0.1, 0.15) is 5.82 Å². The van der Waals surface area contributed by atoms with E-state index in [2.05, 4.69) is 9.97 Å². The number of aromatic nitrogens is 3. The lowest BCUT2D eigenvalue weighted by atomic mass is 10.2. The van der Waals surface area contributed by atoms with Gasteiger partial charge in [-0.05, 0) is 30.8 Å². The van der Waals surface area contributed by atoms with Crippen molar-refractivity contribution in [2.24, 2.45) is 5.73 Å². The third kappa shape index (κ3) is 2.04. The minimum Gasteiger partial charge on any atom is -0.330 e. The van der Waals surface area contributed by atoms with Gasteiger partial charge in [-0.15, -0.1) is 0 Å². The van der Waals surface area contributed by atoms with Crippen LogP contribution in [0.3, 0.4) is 0 Å². The van der Waals surface area contributed by atoms with Gasteiger partial charge in [-0.2, -0.15) is 0 Å². The molecule has 2 N–H and O–H groups in total. The topological polar surface area (TPSA) is 56.7 Å². The van der Waals surface area contributed by atoms with Crippen molar-refractivity contribution in [2.75, 3.05) is 6.54 Å². The molecular formula is C14H12F2N4. The molecule has 0 saturated carbocycles. The van der Waals surface area contributed by atoms with Crippen molar-refractivity contribution < 1.29 is 8.78 Å². The van der Waals surface area contributed by atoms with Crippen molar-refractivity contribution in [2.45, 2.75) is 6.42 Å². The first-order valence-corrected chi connectivity index (χ1v) is 6.18. The van der Waals surface area contributed by atoms with Gasteiger partial charge in [0.25, 0.3) is 0 Å². The van der Waals surface area contributed by atoms with Crippen molar-refractivity contribution in [3.8, 4) is 5.69 Å². The van der Waals surface area contributed by atoms with E-state index in [0.29, 0.717) is 30.0 Å². The molecule has 0 unspecified atom stereocenters. The third-order valence-electron chi connectivity index (χ3n) is 3.00. The minimum atomic E-state index is -0.659. The van der Waals surface area contributed by atoms with Gasteiger partial charge in [0.05, 0.1) is 5.69 Å². The van der Waals surface area contributed by atoms with E-state index in [9.17, 15) is 8.78 Å². The Kier molecular flexibility index (Phi) is 3.15. The summed E-state index contributed by atoms with van der Waals surface area (Å²) in [6.45, 7) is 0.381. The van der Waals surface area contributed by atoms with Gasteiger partial charge < -0.3 is 5.73 Å². The summed E-state index contributed by atoms with van der Waals surface area (Å²) in [5.41, 5.74) is 6.96. The predicted octanol–water partition coefficient (Wildman–Crippen LogP) is 2.20. The number of hydrogen-bond acceptors (Lipinski definition) is 3. The van der Waals surface area contributed by atoms with Crippen LogP contribution in [-0.4, -0.2) is 21.1 Å². The van der Waals surface area contributed by atoms with Crippen LogP contribution >= 0.6 is 0 Å². The van der Waals surface area contributed by atoms with Crippen LogP contribution < -0.4 is 5.73 Å². The molecule has 2 aromatic heterocycles. The molecule has 0 atom stereocenters. The Bertz CT molecular complexity index is 767. The lowest BCUT2D eigenvalue weighted by molar-refractivity contribution is 0.576. The molecule has 3 rings (SSSR count). The fraction of sp³-hybridized carbons (Fsp3) is 0.143. The van der Waals surface area contributed by atoms with Gasteiger partial charge in [-0.3, -0.25) is 4.57 Å². The number of fused-ring (bicyclic) bond motifs is 1. The van der Waals surface area contributed by atoms with Crippen LogP contribution in [0.4, 0.5) is 8.78 Å². The van der Waals surface area contributed by atoms with Crippen LogP contribution in [0.5, 0.6) is 0 Å². The number of benzene rings is 1. The molecule has 3 aromatic rings. The second kappa shape index (κ2) is 4.97. The molecule has 0 amide bonds. The molecule has 0 spiro atoms. The zero-order valence-corrected chi connectivity index (χ0v) is 10.6. The number of hydrogen-bond donors (Lipinski definition) is 1. The highest BCUT2D eigenvalue weighted by Gasteiger charge is 2.16. The number of rotatable bonds is 3. The summed E-state index contributed by atoms with van der Waals surface area (Å²) in [5, 5.41) is 0. The molecule has 0 fully saturated rings. The Morgan fingerprint density at radius 1 is 1.20 bits per heavy atom. The van der Waals surface area contributed by atoms with E-state index in [-0.39, 0.29) is 5.69 Å². The molecule has 2 heterocycles. The second-order valence-corrected chi connectivity index (χ2v) is 4.34. The van der Waals surface area contributed by atoms with E-state index in [1.165, 1.54) is 12.1 Å². The number of nitrogens with zero attached hydrogens (tertiary/aromatic N) is 3. The zero-order valence-electron chi connectivity index (χ0n) is 10.6. The van der Waals surface area contributed by atoms with E-state index >= 15 is 0 Å². The first-order valence-electron chi connectivity index (χ1n) is 6.18. The molecule has 0 aliphatic heterocycles. The second-order valence-electron chi connectivity index (χ2n) is 4.34. The van der Waals surface area contributed by atoms with Gasteiger partial charge in [0.1, 0.15) is 23.0 Å². The molecule has 20 heavy (non-hydrogen) atoms. The van der Waals surface area contributed by atoms with E-state index in [0.717, 1.165) is 6.07 Å². The molecule has 102 valence electrons. The van der Waals surface area contributed by atoms with Gasteiger partial charge in [0, 0.05) is 18.7 Å². The van der Waals surface area contributed by atoms with Crippen molar-refractivity contribution in [1.82, 2.24) is 14.5 Å². The van der Waals surface area contributed by atoms with Crippen molar-refractivity contribution in [3.63, 3.8) is 0 Å². The maximum atomic E-state index is 14.0. The summed E-state index contributed by atoms with van der Waals surface area (Å²) in [4.78, 5) is 8.63. The molecule has 0 bridgehead atoms. The van der Waals surface area contributed by atoms with Gasteiger partial charge in [0.15, 0.2) is 5.65 Å². The van der Waals surface area contributed by atoms with E-state index in [1.54, 1.807) is 22.9 Å². The minimum absolute atomic E-state index is 0.219. The molecule has 6 heteroatoms. The zero-order chi connectivity index (χ0) is 14.1. The first kappa shape index (κ1) is 12.7. The van der Waals surface area contributed by atoms with Gasteiger partial charge in [-0.1, -0.05) is 0 Å².